The molecule has 0 heterocycles. The maximum absolute atomic E-state index is 12.4. The number of nitriles is 1. The average Bonchev–Trinajstić information content (AvgIpc) is 2.82. The third-order valence-corrected chi connectivity index (χ3v) is 4.58. The van der Waals surface area contributed by atoms with E-state index < -0.39 is 5.91 Å². The van der Waals surface area contributed by atoms with Crippen molar-refractivity contribution in [3.05, 3.63) is 101 Å². The lowest BCUT2D eigenvalue weighted by atomic mass is 10.1. The molecular formula is C25H20ClN3O3. The van der Waals surface area contributed by atoms with Crippen LogP contribution in [0.25, 0.3) is 6.08 Å². The van der Waals surface area contributed by atoms with Crippen LogP contribution in [0.15, 0.2) is 84.4 Å². The molecule has 0 aliphatic rings. The number of ether oxygens (including phenoxy) is 1. The van der Waals surface area contributed by atoms with Crippen LogP contribution in [0.5, 0.6) is 5.75 Å². The zero-order chi connectivity index (χ0) is 22.8. The van der Waals surface area contributed by atoms with Crippen LogP contribution in [0.1, 0.15) is 11.1 Å². The molecule has 32 heavy (non-hydrogen) atoms. The number of benzene rings is 3. The number of hydrogen-bond acceptors (Lipinski definition) is 4. The molecule has 0 spiro atoms. The van der Waals surface area contributed by atoms with E-state index in [-0.39, 0.29) is 18.1 Å². The van der Waals surface area contributed by atoms with Crippen molar-refractivity contribution in [3.63, 3.8) is 0 Å². The van der Waals surface area contributed by atoms with Gasteiger partial charge in [-0.25, -0.2) is 0 Å². The van der Waals surface area contributed by atoms with Gasteiger partial charge in [0.05, 0.1) is 0 Å². The fourth-order valence-corrected chi connectivity index (χ4v) is 2.89. The SMILES string of the molecule is N#C/C(=C/c1cccc(OCC(=O)Nc2ccc(Cl)cc2)c1)C(=O)NCc1ccccc1. The third kappa shape index (κ3) is 7.01. The van der Waals surface area contributed by atoms with Gasteiger partial charge in [0.2, 0.25) is 0 Å². The minimum absolute atomic E-state index is 0.0291. The van der Waals surface area contributed by atoms with Crippen molar-refractivity contribution in [2.45, 2.75) is 6.54 Å². The average molecular weight is 446 g/mol. The van der Waals surface area contributed by atoms with Crippen LogP contribution in [0.2, 0.25) is 5.02 Å². The molecule has 0 unspecified atom stereocenters. The van der Waals surface area contributed by atoms with Gasteiger partial charge in [-0.1, -0.05) is 54.1 Å². The minimum Gasteiger partial charge on any atom is -0.484 e. The normalized spacial score (nSPS) is 10.7. The van der Waals surface area contributed by atoms with Crippen LogP contribution >= 0.6 is 11.6 Å². The molecule has 7 heteroatoms. The number of carbonyl (C=O) groups is 2. The second kappa shape index (κ2) is 11.3. The van der Waals surface area contributed by atoms with E-state index in [1.165, 1.54) is 6.08 Å². The van der Waals surface area contributed by atoms with E-state index in [0.29, 0.717) is 28.6 Å². The van der Waals surface area contributed by atoms with Gasteiger partial charge in [-0.2, -0.15) is 5.26 Å². The highest BCUT2D eigenvalue weighted by Gasteiger charge is 2.09. The fraction of sp³-hybridized carbons (Fsp3) is 0.0800. The Labute approximate surface area is 191 Å². The van der Waals surface area contributed by atoms with Crippen LogP contribution in [0, 0.1) is 11.3 Å². The van der Waals surface area contributed by atoms with E-state index in [9.17, 15) is 14.9 Å². The predicted molar refractivity (Wildman–Crippen MR) is 124 cm³/mol. The maximum atomic E-state index is 12.4. The smallest absolute Gasteiger partial charge is 0.262 e. The zero-order valence-corrected chi connectivity index (χ0v) is 17.8. The fourth-order valence-electron chi connectivity index (χ4n) is 2.76. The zero-order valence-electron chi connectivity index (χ0n) is 17.0. The van der Waals surface area contributed by atoms with Gasteiger partial charge < -0.3 is 15.4 Å². The summed E-state index contributed by atoms with van der Waals surface area (Å²) >= 11 is 5.83. The summed E-state index contributed by atoms with van der Waals surface area (Å²) in [6, 6.07) is 24.9. The Hall–Kier alpha value is -4.08. The molecule has 0 saturated carbocycles. The first-order chi connectivity index (χ1) is 15.5. The van der Waals surface area contributed by atoms with Crippen LogP contribution in [0.3, 0.4) is 0 Å². The van der Waals surface area contributed by atoms with Crippen molar-refractivity contribution in [1.29, 1.82) is 5.26 Å². The van der Waals surface area contributed by atoms with Crippen LogP contribution in [-0.2, 0) is 16.1 Å². The Balaban J connectivity index is 1.58. The largest absolute Gasteiger partial charge is 0.484 e. The Morgan fingerprint density at radius 3 is 2.47 bits per heavy atom. The first-order valence-electron chi connectivity index (χ1n) is 9.76. The molecule has 0 aliphatic heterocycles. The van der Waals surface area contributed by atoms with Crippen molar-refractivity contribution in [2.75, 3.05) is 11.9 Å². The van der Waals surface area contributed by atoms with Gasteiger partial charge in [-0.05, 0) is 53.6 Å². The van der Waals surface area contributed by atoms with Gasteiger partial charge in [-0.3, -0.25) is 9.59 Å². The van der Waals surface area contributed by atoms with Crippen molar-refractivity contribution in [1.82, 2.24) is 5.32 Å². The first-order valence-corrected chi connectivity index (χ1v) is 10.1. The lowest BCUT2D eigenvalue weighted by Crippen LogP contribution is -2.23. The van der Waals surface area contributed by atoms with Crippen LogP contribution < -0.4 is 15.4 Å². The molecule has 6 nitrogen and oxygen atoms in total. The number of amides is 2. The summed E-state index contributed by atoms with van der Waals surface area (Å²) in [5.74, 6) is -0.358. The summed E-state index contributed by atoms with van der Waals surface area (Å²) in [4.78, 5) is 24.4. The van der Waals surface area contributed by atoms with Gasteiger partial charge in [0.1, 0.15) is 17.4 Å². The van der Waals surface area contributed by atoms with Crippen molar-refractivity contribution in [2.24, 2.45) is 0 Å². The molecule has 0 atom stereocenters. The molecule has 0 fully saturated rings. The Kier molecular flexibility index (Phi) is 8.02. The Morgan fingerprint density at radius 1 is 1.00 bits per heavy atom. The summed E-state index contributed by atoms with van der Waals surface area (Å²) in [7, 11) is 0. The number of rotatable bonds is 8. The Morgan fingerprint density at radius 2 is 1.75 bits per heavy atom. The lowest BCUT2D eigenvalue weighted by molar-refractivity contribution is -0.118. The monoisotopic (exact) mass is 445 g/mol. The molecule has 3 aromatic rings. The highest BCUT2D eigenvalue weighted by molar-refractivity contribution is 6.30. The summed E-state index contributed by atoms with van der Waals surface area (Å²) in [6.07, 6.45) is 1.47. The van der Waals surface area contributed by atoms with Crippen molar-refractivity contribution < 1.29 is 14.3 Å². The Bertz CT molecular complexity index is 1150. The van der Waals surface area contributed by atoms with Crippen molar-refractivity contribution >= 4 is 35.2 Å². The van der Waals surface area contributed by atoms with E-state index in [0.717, 1.165) is 5.56 Å². The van der Waals surface area contributed by atoms with E-state index in [2.05, 4.69) is 10.6 Å². The van der Waals surface area contributed by atoms with Gasteiger partial charge in [0.25, 0.3) is 11.8 Å². The van der Waals surface area contributed by atoms with E-state index in [4.69, 9.17) is 16.3 Å². The summed E-state index contributed by atoms with van der Waals surface area (Å²) in [5, 5.41) is 15.4. The number of hydrogen-bond donors (Lipinski definition) is 2. The maximum Gasteiger partial charge on any atom is 0.262 e. The van der Waals surface area contributed by atoms with Gasteiger partial charge >= 0.3 is 0 Å². The predicted octanol–water partition coefficient (Wildman–Crippen LogP) is 4.58. The lowest BCUT2D eigenvalue weighted by Gasteiger charge is -2.08. The van der Waals surface area contributed by atoms with E-state index in [1.54, 1.807) is 48.5 Å². The van der Waals surface area contributed by atoms with Gasteiger partial charge in [0.15, 0.2) is 6.61 Å². The highest BCUT2D eigenvalue weighted by Crippen LogP contribution is 2.17. The van der Waals surface area contributed by atoms with Gasteiger partial charge in [0, 0.05) is 17.3 Å². The molecule has 3 aromatic carbocycles. The number of nitrogens with zero attached hydrogens (tertiary/aromatic N) is 1. The van der Waals surface area contributed by atoms with Crippen LogP contribution in [-0.4, -0.2) is 18.4 Å². The van der Waals surface area contributed by atoms with E-state index in [1.807, 2.05) is 36.4 Å². The van der Waals surface area contributed by atoms with Crippen LogP contribution in [0.4, 0.5) is 5.69 Å². The molecule has 0 saturated heterocycles. The summed E-state index contributed by atoms with van der Waals surface area (Å²) in [6.45, 7) is 0.128. The highest BCUT2D eigenvalue weighted by atomic mass is 35.5. The molecule has 0 radical (unpaired) electrons. The first kappa shape index (κ1) is 22.6. The quantitative estimate of drug-likeness (QED) is 0.392. The number of nitrogens with one attached hydrogen (secondary N) is 2. The molecule has 160 valence electrons. The number of anilines is 1. The minimum atomic E-state index is -0.468. The molecule has 3 rings (SSSR count). The second-order valence-corrected chi connectivity index (χ2v) is 7.19. The molecule has 0 aromatic heterocycles. The van der Waals surface area contributed by atoms with E-state index >= 15 is 0 Å². The molecule has 2 amide bonds. The summed E-state index contributed by atoms with van der Waals surface area (Å²) < 4.78 is 5.53. The third-order valence-electron chi connectivity index (χ3n) is 4.33. The molecular weight excluding hydrogens is 426 g/mol. The molecule has 0 bridgehead atoms. The standard InChI is InChI=1S/C25H20ClN3O3/c26-21-9-11-22(12-10-21)29-24(30)17-32-23-8-4-7-19(14-23)13-20(15-27)25(31)28-16-18-5-2-1-3-6-18/h1-14H,16-17H2,(H,28,31)(H,29,30)/b20-13-. The molecule has 0 aliphatic carbocycles. The number of halogens is 1. The van der Waals surface area contributed by atoms with Crippen molar-refractivity contribution in [3.8, 4) is 11.8 Å². The summed E-state index contributed by atoms with van der Waals surface area (Å²) in [5.41, 5.74) is 2.12. The molecule has 2 N–H and O–H groups in total. The topological polar surface area (TPSA) is 91.2 Å². The second-order valence-electron chi connectivity index (χ2n) is 6.75. The van der Waals surface area contributed by atoms with Gasteiger partial charge in [-0.15, -0.1) is 0 Å². The number of carbonyl (C=O) groups excluding carboxylic acids is 2.